The van der Waals surface area contributed by atoms with Crippen molar-refractivity contribution in [3.8, 4) is 11.4 Å². The Balaban J connectivity index is 1.49. The number of rotatable bonds is 5. The fourth-order valence-corrected chi connectivity index (χ4v) is 5.46. The van der Waals surface area contributed by atoms with Crippen LogP contribution in [0.5, 0.6) is 0 Å². The number of aromatic nitrogens is 2. The quantitative estimate of drug-likeness (QED) is 0.600. The number of hydrogen-bond acceptors (Lipinski definition) is 5. The Morgan fingerprint density at radius 1 is 1.12 bits per heavy atom. The van der Waals surface area contributed by atoms with Crippen LogP contribution in [-0.2, 0) is 14.8 Å². The van der Waals surface area contributed by atoms with Crippen molar-refractivity contribution in [2.45, 2.75) is 31.6 Å². The van der Waals surface area contributed by atoms with Crippen molar-refractivity contribution in [3.05, 3.63) is 76.2 Å². The number of benzene rings is 2. The molecular formula is C24H26N4O4S. The summed E-state index contributed by atoms with van der Waals surface area (Å²) in [6.45, 7) is 4.17. The molecule has 0 saturated carbocycles. The molecule has 4 rings (SSSR count). The number of nitrogens with one attached hydrogen (secondary N) is 2. The van der Waals surface area contributed by atoms with E-state index in [4.69, 9.17) is 0 Å². The summed E-state index contributed by atoms with van der Waals surface area (Å²) in [5.41, 5.74) is 2.56. The van der Waals surface area contributed by atoms with E-state index in [1.807, 2.05) is 6.92 Å². The first-order chi connectivity index (χ1) is 15.7. The van der Waals surface area contributed by atoms with Crippen molar-refractivity contribution < 1.29 is 13.2 Å². The van der Waals surface area contributed by atoms with E-state index in [2.05, 4.69) is 15.3 Å². The SMILES string of the molecule is Cc1ccc(S(=O)(=O)N2CCC[C@@H](C(=O)Nc3cccc(-c4nc(C)cc(=O)[nH]4)c3)C2)cc1. The van der Waals surface area contributed by atoms with Gasteiger partial charge in [0.1, 0.15) is 5.82 Å². The Hall–Kier alpha value is -3.30. The van der Waals surface area contributed by atoms with Gasteiger partial charge in [-0.25, -0.2) is 13.4 Å². The molecule has 0 radical (unpaired) electrons. The van der Waals surface area contributed by atoms with Gasteiger partial charge in [0.05, 0.1) is 10.8 Å². The molecule has 1 saturated heterocycles. The maximum absolute atomic E-state index is 13.0. The number of amides is 1. The third-order valence-corrected chi connectivity index (χ3v) is 7.57. The van der Waals surface area contributed by atoms with Crippen molar-refractivity contribution in [2.75, 3.05) is 18.4 Å². The third-order valence-electron chi connectivity index (χ3n) is 5.69. The molecule has 1 aromatic heterocycles. The molecule has 8 nitrogen and oxygen atoms in total. The van der Waals surface area contributed by atoms with Crippen LogP contribution in [0.4, 0.5) is 5.69 Å². The van der Waals surface area contributed by atoms with Gasteiger partial charge in [-0.15, -0.1) is 0 Å². The molecule has 3 aromatic rings. The Bertz CT molecular complexity index is 1330. The zero-order valence-corrected chi connectivity index (χ0v) is 19.4. The van der Waals surface area contributed by atoms with Crippen LogP contribution in [0.25, 0.3) is 11.4 Å². The molecule has 9 heteroatoms. The number of hydrogen-bond donors (Lipinski definition) is 2. The number of sulfonamides is 1. The zero-order valence-electron chi connectivity index (χ0n) is 18.5. The topological polar surface area (TPSA) is 112 Å². The fourth-order valence-electron chi connectivity index (χ4n) is 3.94. The number of H-pyrrole nitrogens is 1. The first kappa shape index (κ1) is 22.9. The van der Waals surface area contributed by atoms with Crippen molar-refractivity contribution in [1.29, 1.82) is 0 Å². The van der Waals surface area contributed by atoms with E-state index >= 15 is 0 Å². The standard InChI is InChI=1S/C24H26N4O4S/c1-16-8-10-21(11-9-16)33(31,32)28-12-4-6-19(15-28)24(30)26-20-7-3-5-18(14-20)23-25-17(2)13-22(29)27-23/h3,5,7-11,13-14,19H,4,6,12,15H2,1-2H3,(H,26,30)(H,25,27,29)/t19-/m1/s1. The van der Waals surface area contributed by atoms with E-state index in [0.717, 1.165) is 5.56 Å². The summed E-state index contributed by atoms with van der Waals surface area (Å²) >= 11 is 0. The molecule has 1 fully saturated rings. The number of piperidine rings is 1. The summed E-state index contributed by atoms with van der Waals surface area (Å²) in [6.07, 6.45) is 1.22. The molecule has 0 spiro atoms. The average molecular weight is 467 g/mol. The highest BCUT2D eigenvalue weighted by Crippen LogP contribution is 2.26. The van der Waals surface area contributed by atoms with Gasteiger partial charge < -0.3 is 10.3 Å². The van der Waals surface area contributed by atoms with Gasteiger partial charge in [-0.1, -0.05) is 29.8 Å². The summed E-state index contributed by atoms with van der Waals surface area (Å²) in [5, 5.41) is 2.89. The highest BCUT2D eigenvalue weighted by atomic mass is 32.2. The molecular weight excluding hydrogens is 440 g/mol. The lowest BCUT2D eigenvalue weighted by Gasteiger charge is -2.31. The largest absolute Gasteiger partial charge is 0.326 e. The van der Waals surface area contributed by atoms with Crippen LogP contribution in [0.2, 0.25) is 0 Å². The Labute approximate surface area is 192 Å². The molecule has 1 aliphatic heterocycles. The second kappa shape index (κ2) is 9.29. The molecule has 1 aliphatic rings. The molecule has 0 aliphatic carbocycles. The summed E-state index contributed by atoms with van der Waals surface area (Å²) in [7, 11) is -3.66. The van der Waals surface area contributed by atoms with Crippen LogP contribution in [0.1, 0.15) is 24.1 Å². The van der Waals surface area contributed by atoms with Gasteiger partial charge >= 0.3 is 0 Å². The highest BCUT2D eigenvalue weighted by Gasteiger charge is 2.33. The first-order valence-electron chi connectivity index (χ1n) is 10.8. The van der Waals surface area contributed by atoms with E-state index in [0.29, 0.717) is 42.2 Å². The minimum Gasteiger partial charge on any atom is -0.326 e. The second-order valence-electron chi connectivity index (χ2n) is 8.32. The van der Waals surface area contributed by atoms with Gasteiger partial charge in [0.25, 0.3) is 5.56 Å². The van der Waals surface area contributed by atoms with Crippen LogP contribution < -0.4 is 10.9 Å². The van der Waals surface area contributed by atoms with Gasteiger partial charge in [-0.3, -0.25) is 9.59 Å². The monoisotopic (exact) mass is 466 g/mol. The lowest BCUT2D eigenvalue weighted by Crippen LogP contribution is -2.43. The van der Waals surface area contributed by atoms with Gasteiger partial charge in [-0.05, 0) is 51.0 Å². The van der Waals surface area contributed by atoms with E-state index in [-0.39, 0.29) is 22.9 Å². The lowest BCUT2D eigenvalue weighted by molar-refractivity contribution is -0.120. The van der Waals surface area contributed by atoms with E-state index in [1.165, 1.54) is 10.4 Å². The van der Waals surface area contributed by atoms with Crippen molar-refractivity contribution in [2.24, 2.45) is 5.92 Å². The molecule has 1 amide bonds. The third kappa shape index (κ3) is 5.20. The lowest BCUT2D eigenvalue weighted by atomic mass is 9.98. The van der Waals surface area contributed by atoms with Gasteiger partial charge in [0.15, 0.2) is 0 Å². The highest BCUT2D eigenvalue weighted by molar-refractivity contribution is 7.89. The minimum absolute atomic E-state index is 0.133. The van der Waals surface area contributed by atoms with Gasteiger partial charge in [0, 0.05) is 36.1 Å². The van der Waals surface area contributed by atoms with Gasteiger partial charge in [-0.2, -0.15) is 4.31 Å². The fraction of sp³-hybridized carbons (Fsp3) is 0.292. The smallest absolute Gasteiger partial charge is 0.251 e. The van der Waals surface area contributed by atoms with Crippen molar-refractivity contribution in [3.63, 3.8) is 0 Å². The summed E-state index contributed by atoms with van der Waals surface area (Å²) in [4.78, 5) is 32.0. The van der Waals surface area contributed by atoms with E-state index in [1.54, 1.807) is 55.5 Å². The van der Waals surface area contributed by atoms with Gasteiger partial charge in [0.2, 0.25) is 15.9 Å². The van der Waals surface area contributed by atoms with Crippen LogP contribution >= 0.6 is 0 Å². The number of carbonyl (C=O) groups is 1. The number of carbonyl (C=O) groups excluding carboxylic acids is 1. The van der Waals surface area contributed by atoms with Crippen LogP contribution in [0, 0.1) is 19.8 Å². The molecule has 0 unspecified atom stereocenters. The summed E-state index contributed by atoms with van der Waals surface area (Å²) in [5.74, 6) is -0.273. The Morgan fingerprint density at radius 3 is 2.61 bits per heavy atom. The van der Waals surface area contributed by atoms with Crippen LogP contribution in [-0.4, -0.2) is 41.7 Å². The summed E-state index contributed by atoms with van der Waals surface area (Å²) in [6, 6.07) is 15.2. The van der Waals surface area contributed by atoms with Crippen LogP contribution in [0.15, 0.2) is 64.3 Å². The van der Waals surface area contributed by atoms with E-state index < -0.39 is 15.9 Å². The van der Waals surface area contributed by atoms with Crippen molar-refractivity contribution in [1.82, 2.24) is 14.3 Å². The van der Waals surface area contributed by atoms with Crippen molar-refractivity contribution >= 4 is 21.6 Å². The maximum atomic E-state index is 13.0. The first-order valence-corrected chi connectivity index (χ1v) is 12.2. The second-order valence-corrected chi connectivity index (χ2v) is 10.3. The molecule has 172 valence electrons. The maximum Gasteiger partial charge on any atom is 0.251 e. The molecule has 33 heavy (non-hydrogen) atoms. The minimum atomic E-state index is -3.66. The number of aromatic amines is 1. The average Bonchev–Trinajstić information content (AvgIpc) is 2.79. The normalized spacial score (nSPS) is 17.0. The zero-order chi connectivity index (χ0) is 23.6. The number of aryl methyl sites for hydroxylation is 2. The summed E-state index contributed by atoms with van der Waals surface area (Å²) < 4.78 is 27.5. The molecule has 2 heterocycles. The van der Waals surface area contributed by atoms with Crippen LogP contribution in [0.3, 0.4) is 0 Å². The number of nitrogens with zero attached hydrogens (tertiary/aromatic N) is 2. The molecule has 0 bridgehead atoms. The van der Waals surface area contributed by atoms with E-state index in [9.17, 15) is 18.0 Å². The molecule has 1 atom stereocenters. The predicted molar refractivity (Wildman–Crippen MR) is 126 cm³/mol. The Morgan fingerprint density at radius 2 is 1.88 bits per heavy atom. The Kier molecular flexibility index (Phi) is 6.44. The predicted octanol–water partition coefficient (Wildman–Crippen LogP) is 3.09. The molecule has 2 aromatic carbocycles. The number of anilines is 1. The molecule has 2 N–H and O–H groups in total.